The zero-order valence-electron chi connectivity index (χ0n) is 17.0. The molecule has 7 nitrogen and oxygen atoms in total. The van der Waals surface area contributed by atoms with Gasteiger partial charge in [0.1, 0.15) is 0 Å². The van der Waals surface area contributed by atoms with Crippen LogP contribution < -0.4 is 0 Å². The van der Waals surface area contributed by atoms with Crippen LogP contribution in [0.5, 0.6) is 0 Å². The first-order valence-corrected chi connectivity index (χ1v) is 11.7. The molecule has 31 heavy (non-hydrogen) atoms. The van der Waals surface area contributed by atoms with Crippen LogP contribution in [-0.2, 0) is 20.6 Å². The number of piperazine rings is 1. The highest BCUT2D eigenvalue weighted by Gasteiger charge is 2.28. The second-order valence-corrected chi connectivity index (χ2v) is 9.33. The van der Waals surface area contributed by atoms with E-state index in [1.54, 1.807) is 29.6 Å². The molecular formula is C23H24N4O3S. The molecule has 0 aliphatic carbocycles. The standard InChI is InChI=1S/C23H24N4O3S/c28-23(11-8-20-6-9-22(10-7-20)26-13-12-24-19-26)25-14-16-27(17-15-25)31(29,30)18-21-4-2-1-3-5-21/h1-13,19H,14-18H2/b11-8+. The molecule has 0 unspecified atom stereocenters. The number of aromatic nitrogens is 2. The van der Waals surface area contributed by atoms with E-state index in [2.05, 4.69) is 4.98 Å². The number of amides is 1. The number of carbonyl (C=O) groups is 1. The van der Waals surface area contributed by atoms with Crippen LogP contribution in [0.2, 0.25) is 0 Å². The van der Waals surface area contributed by atoms with Gasteiger partial charge in [0.25, 0.3) is 0 Å². The Hall–Kier alpha value is -3.23. The van der Waals surface area contributed by atoms with E-state index < -0.39 is 10.0 Å². The molecule has 0 saturated carbocycles. The zero-order valence-corrected chi connectivity index (χ0v) is 17.9. The van der Waals surface area contributed by atoms with E-state index in [1.165, 1.54) is 4.31 Å². The first-order chi connectivity index (χ1) is 15.0. The normalized spacial score (nSPS) is 15.4. The van der Waals surface area contributed by atoms with E-state index in [-0.39, 0.29) is 11.7 Å². The van der Waals surface area contributed by atoms with Crippen molar-refractivity contribution >= 4 is 22.0 Å². The largest absolute Gasteiger partial charge is 0.337 e. The van der Waals surface area contributed by atoms with E-state index in [9.17, 15) is 13.2 Å². The number of rotatable bonds is 6. The molecule has 1 aliphatic heterocycles. The highest BCUT2D eigenvalue weighted by Crippen LogP contribution is 2.15. The second-order valence-electron chi connectivity index (χ2n) is 7.36. The monoisotopic (exact) mass is 436 g/mol. The number of carbonyl (C=O) groups excluding carboxylic acids is 1. The molecule has 8 heteroatoms. The number of sulfonamides is 1. The molecule has 2 aromatic carbocycles. The summed E-state index contributed by atoms with van der Waals surface area (Å²) in [7, 11) is -3.39. The van der Waals surface area contributed by atoms with Gasteiger partial charge in [-0.25, -0.2) is 13.4 Å². The highest BCUT2D eigenvalue weighted by atomic mass is 32.2. The van der Waals surface area contributed by atoms with E-state index >= 15 is 0 Å². The summed E-state index contributed by atoms with van der Waals surface area (Å²) in [6, 6.07) is 16.9. The van der Waals surface area contributed by atoms with Crippen LogP contribution in [0.15, 0.2) is 79.4 Å². The SMILES string of the molecule is O=C(/C=C/c1ccc(-n2ccnc2)cc1)N1CCN(S(=O)(=O)Cc2ccccc2)CC1. The van der Waals surface area contributed by atoms with Crippen LogP contribution in [0.1, 0.15) is 11.1 Å². The number of hydrogen-bond acceptors (Lipinski definition) is 4. The Balaban J connectivity index is 1.31. The second kappa shape index (κ2) is 9.28. The van der Waals surface area contributed by atoms with Crippen molar-refractivity contribution in [3.05, 3.63) is 90.5 Å². The molecule has 0 spiro atoms. The molecule has 0 atom stereocenters. The summed E-state index contributed by atoms with van der Waals surface area (Å²) in [4.78, 5) is 18.2. The summed E-state index contributed by atoms with van der Waals surface area (Å²) in [5, 5.41) is 0. The number of nitrogens with zero attached hydrogens (tertiary/aromatic N) is 4. The van der Waals surface area contributed by atoms with Gasteiger partial charge in [-0.3, -0.25) is 4.79 Å². The molecule has 1 saturated heterocycles. The van der Waals surface area contributed by atoms with Crippen molar-refractivity contribution in [2.75, 3.05) is 26.2 Å². The van der Waals surface area contributed by atoms with Crippen LogP contribution in [-0.4, -0.2) is 59.3 Å². The third-order valence-corrected chi connectivity index (χ3v) is 7.10. The molecule has 1 aliphatic rings. The first kappa shape index (κ1) is 21.0. The van der Waals surface area contributed by atoms with E-state index in [4.69, 9.17) is 0 Å². The van der Waals surface area contributed by atoms with Gasteiger partial charge in [0.15, 0.2) is 0 Å². The smallest absolute Gasteiger partial charge is 0.246 e. The van der Waals surface area contributed by atoms with Gasteiger partial charge in [0.05, 0.1) is 12.1 Å². The predicted octanol–water partition coefficient (Wildman–Crippen LogP) is 2.56. The molecule has 2 heterocycles. The Kier molecular flexibility index (Phi) is 6.29. The summed E-state index contributed by atoms with van der Waals surface area (Å²) in [6.45, 7) is 1.40. The molecule has 0 N–H and O–H groups in total. The van der Waals surface area contributed by atoms with Gasteiger partial charge in [-0.2, -0.15) is 4.31 Å². The van der Waals surface area contributed by atoms with E-state index in [0.29, 0.717) is 26.2 Å². The molecule has 1 fully saturated rings. The molecule has 3 aromatic rings. The number of benzene rings is 2. The highest BCUT2D eigenvalue weighted by molar-refractivity contribution is 7.88. The van der Waals surface area contributed by atoms with Crippen LogP contribution in [0.4, 0.5) is 0 Å². The maximum atomic E-state index is 12.7. The van der Waals surface area contributed by atoms with Gasteiger partial charge in [-0.15, -0.1) is 0 Å². The van der Waals surface area contributed by atoms with Crippen molar-refractivity contribution < 1.29 is 13.2 Å². The Bertz CT molecular complexity index is 1130. The van der Waals surface area contributed by atoms with Crippen LogP contribution in [0.25, 0.3) is 11.8 Å². The quantitative estimate of drug-likeness (QED) is 0.557. The third kappa shape index (κ3) is 5.28. The van der Waals surface area contributed by atoms with E-state index in [0.717, 1.165) is 16.8 Å². The first-order valence-electron chi connectivity index (χ1n) is 10.1. The molecule has 1 aromatic heterocycles. The summed E-state index contributed by atoms with van der Waals surface area (Å²) in [5.41, 5.74) is 2.68. The van der Waals surface area contributed by atoms with Gasteiger partial charge in [0.2, 0.25) is 15.9 Å². The fourth-order valence-electron chi connectivity index (χ4n) is 3.51. The van der Waals surface area contributed by atoms with Crippen LogP contribution >= 0.6 is 0 Å². The minimum atomic E-state index is -3.39. The van der Waals surface area contributed by atoms with Gasteiger partial charge in [0, 0.05) is 50.3 Å². The molecular weight excluding hydrogens is 412 g/mol. The summed E-state index contributed by atoms with van der Waals surface area (Å²) in [6.07, 6.45) is 8.64. The topological polar surface area (TPSA) is 75.5 Å². The van der Waals surface area contributed by atoms with Gasteiger partial charge in [-0.05, 0) is 29.3 Å². The van der Waals surface area contributed by atoms with Crippen molar-refractivity contribution in [3.63, 3.8) is 0 Å². The van der Waals surface area contributed by atoms with Gasteiger partial charge >= 0.3 is 0 Å². The van der Waals surface area contributed by atoms with Gasteiger partial charge in [-0.1, -0.05) is 42.5 Å². The third-order valence-electron chi connectivity index (χ3n) is 5.25. The number of imidazole rings is 1. The van der Waals surface area contributed by atoms with Crippen molar-refractivity contribution in [3.8, 4) is 5.69 Å². The number of hydrogen-bond donors (Lipinski definition) is 0. The predicted molar refractivity (Wildman–Crippen MR) is 120 cm³/mol. The average Bonchev–Trinajstić information content (AvgIpc) is 3.33. The Morgan fingerprint density at radius 3 is 2.32 bits per heavy atom. The minimum Gasteiger partial charge on any atom is -0.337 e. The Morgan fingerprint density at radius 2 is 1.68 bits per heavy atom. The van der Waals surface area contributed by atoms with Crippen molar-refractivity contribution in [2.24, 2.45) is 0 Å². The minimum absolute atomic E-state index is 0.0171. The van der Waals surface area contributed by atoms with Crippen molar-refractivity contribution in [1.29, 1.82) is 0 Å². The maximum Gasteiger partial charge on any atom is 0.246 e. The lowest BCUT2D eigenvalue weighted by Gasteiger charge is -2.33. The van der Waals surface area contributed by atoms with Crippen LogP contribution in [0.3, 0.4) is 0 Å². The molecule has 0 radical (unpaired) electrons. The molecule has 160 valence electrons. The summed E-state index contributed by atoms with van der Waals surface area (Å²) in [5.74, 6) is -0.129. The Labute approximate surface area is 182 Å². The van der Waals surface area contributed by atoms with Crippen molar-refractivity contribution in [1.82, 2.24) is 18.8 Å². The lowest BCUT2D eigenvalue weighted by Crippen LogP contribution is -2.50. The molecule has 1 amide bonds. The fraction of sp³-hybridized carbons (Fsp3) is 0.217. The lowest BCUT2D eigenvalue weighted by atomic mass is 10.2. The average molecular weight is 437 g/mol. The Morgan fingerprint density at radius 1 is 0.968 bits per heavy atom. The fourth-order valence-corrected chi connectivity index (χ4v) is 5.02. The maximum absolute atomic E-state index is 12.7. The van der Waals surface area contributed by atoms with Crippen molar-refractivity contribution in [2.45, 2.75) is 5.75 Å². The summed E-state index contributed by atoms with van der Waals surface area (Å²) < 4.78 is 28.7. The van der Waals surface area contributed by atoms with Crippen LogP contribution in [0, 0.1) is 0 Å². The molecule has 0 bridgehead atoms. The van der Waals surface area contributed by atoms with E-state index in [1.807, 2.05) is 65.4 Å². The molecule has 4 rings (SSSR count). The lowest BCUT2D eigenvalue weighted by molar-refractivity contribution is -0.127. The van der Waals surface area contributed by atoms with Gasteiger partial charge < -0.3 is 9.47 Å². The zero-order chi connectivity index (χ0) is 21.7. The summed E-state index contributed by atoms with van der Waals surface area (Å²) >= 11 is 0.